The number of nitrogens with zero attached hydrogens (tertiary/aromatic N) is 1. The lowest BCUT2D eigenvalue weighted by Crippen LogP contribution is -2.44. The second-order valence-electron chi connectivity index (χ2n) is 4.82. The number of carboxylic acid groups (broad SMARTS) is 1. The third kappa shape index (κ3) is 5.58. The molecule has 1 aromatic heterocycles. The number of halogens is 3. The first-order valence-electron chi connectivity index (χ1n) is 6.29. The van der Waals surface area contributed by atoms with Gasteiger partial charge in [-0.25, -0.2) is 9.78 Å². The summed E-state index contributed by atoms with van der Waals surface area (Å²) in [5, 5.41) is 11.3. The van der Waals surface area contributed by atoms with Gasteiger partial charge in [-0.1, -0.05) is 13.8 Å². The summed E-state index contributed by atoms with van der Waals surface area (Å²) in [6.45, 7) is 1.77. The molecule has 0 spiro atoms. The van der Waals surface area contributed by atoms with E-state index in [1.54, 1.807) is 13.8 Å². The van der Waals surface area contributed by atoms with Gasteiger partial charge in [0.15, 0.2) is 6.61 Å². The van der Waals surface area contributed by atoms with Gasteiger partial charge in [0.25, 0.3) is 5.91 Å². The van der Waals surface area contributed by atoms with Crippen molar-refractivity contribution in [3.8, 4) is 5.88 Å². The van der Waals surface area contributed by atoms with E-state index in [1.807, 2.05) is 0 Å². The van der Waals surface area contributed by atoms with E-state index in [0.29, 0.717) is 0 Å². The first-order chi connectivity index (χ1) is 10.1. The van der Waals surface area contributed by atoms with Crippen molar-refractivity contribution in [2.75, 3.05) is 6.61 Å². The van der Waals surface area contributed by atoms with Crippen molar-refractivity contribution in [2.45, 2.75) is 26.1 Å². The molecule has 0 unspecified atom stereocenters. The number of nitrogens with one attached hydrogen (secondary N) is 1. The molecule has 9 heteroatoms. The summed E-state index contributed by atoms with van der Waals surface area (Å²) in [6.07, 6.45) is -3.47. The molecule has 0 bridgehead atoms. The van der Waals surface area contributed by atoms with Crippen molar-refractivity contribution in [1.82, 2.24) is 10.3 Å². The average Bonchev–Trinajstić information content (AvgIpc) is 2.41. The smallest absolute Gasteiger partial charge is 0.422 e. The van der Waals surface area contributed by atoms with Gasteiger partial charge >= 0.3 is 12.1 Å². The second-order valence-corrected chi connectivity index (χ2v) is 4.82. The summed E-state index contributed by atoms with van der Waals surface area (Å²) < 4.78 is 40.3. The Balaban J connectivity index is 2.69. The number of aromatic nitrogens is 1. The molecule has 0 aliphatic heterocycles. The lowest BCUT2D eigenvalue weighted by atomic mass is 10.0. The highest BCUT2D eigenvalue weighted by Gasteiger charge is 2.28. The summed E-state index contributed by atoms with van der Waals surface area (Å²) in [4.78, 5) is 26.4. The minimum absolute atomic E-state index is 0.0197. The third-order valence-electron chi connectivity index (χ3n) is 2.60. The number of carbonyl (C=O) groups is 2. The molecule has 2 N–H and O–H groups in total. The van der Waals surface area contributed by atoms with Crippen LogP contribution in [0.15, 0.2) is 18.3 Å². The van der Waals surface area contributed by atoms with Crippen molar-refractivity contribution >= 4 is 11.9 Å². The van der Waals surface area contributed by atoms with Crippen LogP contribution in [0, 0.1) is 5.92 Å². The molecule has 0 fully saturated rings. The normalized spacial score (nSPS) is 12.8. The van der Waals surface area contributed by atoms with Gasteiger partial charge in [0, 0.05) is 12.3 Å². The first-order valence-corrected chi connectivity index (χ1v) is 6.29. The summed E-state index contributed by atoms with van der Waals surface area (Å²) in [6, 6.07) is 1.23. The predicted octanol–water partition coefficient (Wildman–Crippen LogP) is 1.86. The highest BCUT2D eigenvalue weighted by molar-refractivity contribution is 5.96. The van der Waals surface area contributed by atoms with Crippen LogP contribution in [0.3, 0.4) is 0 Å². The fraction of sp³-hybridized carbons (Fsp3) is 0.462. The zero-order valence-corrected chi connectivity index (χ0v) is 11.8. The predicted molar refractivity (Wildman–Crippen MR) is 69.5 cm³/mol. The van der Waals surface area contributed by atoms with Gasteiger partial charge < -0.3 is 15.2 Å². The van der Waals surface area contributed by atoms with Crippen LogP contribution in [0.25, 0.3) is 0 Å². The molecule has 1 atom stereocenters. The Morgan fingerprint density at radius 3 is 2.41 bits per heavy atom. The number of rotatable bonds is 6. The molecule has 1 aromatic rings. The van der Waals surface area contributed by atoms with Crippen molar-refractivity contribution in [3.05, 3.63) is 23.9 Å². The average molecular weight is 320 g/mol. The lowest BCUT2D eigenvalue weighted by molar-refractivity contribution is -0.154. The van der Waals surface area contributed by atoms with Crippen molar-refractivity contribution in [3.63, 3.8) is 0 Å². The van der Waals surface area contributed by atoms with Crippen LogP contribution in [0.1, 0.15) is 24.2 Å². The van der Waals surface area contributed by atoms with E-state index in [1.165, 1.54) is 6.07 Å². The largest absolute Gasteiger partial charge is 0.480 e. The summed E-state index contributed by atoms with van der Waals surface area (Å²) in [5.74, 6) is -2.48. The van der Waals surface area contributed by atoms with E-state index >= 15 is 0 Å². The van der Waals surface area contributed by atoms with Gasteiger partial charge in [-0.2, -0.15) is 13.2 Å². The van der Waals surface area contributed by atoms with Gasteiger partial charge in [-0.15, -0.1) is 0 Å². The van der Waals surface area contributed by atoms with Crippen LogP contribution in [0.5, 0.6) is 5.88 Å². The maximum atomic E-state index is 12.0. The molecular formula is C13H15F3N2O4. The van der Waals surface area contributed by atoms with E-state index in [9.17, 15) is 22.8 Å². The number of carboxylic acids is 1. The number of alkyl halides is 3. The maximum absolute atomic E-state index is 12.0. The number of ether oxygens (including phenoxy) is 1. The SMILES string of the molecule is CC(C)[C@@H](NC(=O)c1ccc(OCC(F)(F)F)nc1)C(=O)O. The van der Waals surface area contributed by atoms with E-state index in [4.69, 9.17) is 5.11 Å². The molecule has 0 saturated heterocycles. The minimum atomic E-state index is -4.48. The van der Waals surface area contributed by atoms with Crippen molar-refractivity contribution in [2.24, 2.45) is 5.92 Å². The van der Waals surface area contributed by atoms with E-state index in [2.05, 4.69) is 15.0 Å². The fourth-order valence-corrected chi connectivity index (χ4v) is 1.49. The third-order valence-corrected chi connectivity index (χ3v) is 2.60. The number of aliphatic carboxylic acids is 1. The van der Waals surface area contributed by atoms with Crippen molar-refractivity contribution in [1.29, 1.82) is 0 Å². The molecule has 0 aliphatic carbocycles. The fourth-order valence-electron chi connectivity index (χ4n) is 1.49. The topological polar surface area (TPSA) is 88.5 Å². The van der Waals surface area contributed by atoms with Crippen LogP contribution >= 0.6 is 0 Å². The molecule has 0 aromatic carbocycles. The van der Waals surface area contributed by atoms with Crippen LogP contribution < -0.4 is 10.1 Å². The Hall–Kier alpha value is -2.32. The number of hydrogen-bond acceptors (Lipinski definition) is 4. The molecule has 1 amide bonds. The molecule has 0 aliphatic rings. The zero-order valence-electron chi connectivity index (χ0n) is 11.8. The molecular weight excluding hydrogens is 305 g/mol. The molecule has 1 heterocycles. The van der Waals surface area contributed by atoms with Gasteiger partial charge in [0.1, 0.15) is 6.04 Å². The Bertz CT molecular complexity index is 529. The van der Waals surface area contributed by atoms with Crippen LogP contribution in [-0.2, 0) is 4.79 Å². The standard InChI is InChI=1S/C13H15F3N2O4/c1-7(2)10(12(20)21)18-11(19)8-3-4-9(17-5-8)22-6-13(14,15)16/h3-5,7,10H,6H2,1-2H3,(H,18,19)(H,20,21)/t10-/m1/s1. The Labute approximate surface area is 124 Å². The second kappa shape index (κ2) is 7.10. The highest BCUT2D eigenvalue weighted by atomic mass is 19.4. The van der Waals surface area contributed by atoms with Gasteiger partial charge in [-0.3, -0.25) is 4.79 Å². The van der Waals surface area contributed by atoms with Crippen LogP contribution in [0.2, 0.25) is 0 Å². The molecule has 6 nitrogen and oxygen atoms in total. The number of carbonyl (C=O) groups excluding carboxylic acids is 1. The van der Waals surface area contributed by atoms with Gasteiger partial charge in [0.05, 0.1) is 5.56 Å². The van der Waals surface area contributed by atoms with E-state index in [-0.39, 0.29) is 17.4 Å². The molecule has 0 saturated carbocycles. The number of hydrogen-bond donors (Lipinski definition) is 2. The van der Waals surface area contributed by atoms with Crippen LogP contribution in [0.4, 0.5) is 13.2 Å². The van der Waals surface area contributed by atoms with E-state index in [0.717, 1.165) is 12.3 Å². The highest BCUT2D eigenvalue weighted by Crippen LogP contribution is 2.17. The maximum Gasteiger partial charge on any atom is 0.422 e. The van der Waals surface area contributed by atoms with Crippen LogP contribution in [-0.4, -0.2) is 40.8 Å². The Morgan fingerprint density at radius 2 is 2.00 bits per heavy atom. The Morgan fingerprint density at radius 1 is 1.36 bits per heavy atom. The van der Waals surface area contributed by atoms with Gasteiger partial charge in [0.2, 0.25) is 5.88 Å². The lowest BCUT2D eigenvalue weighted by Gasteiger charge is -2.17. The summed E-state index contributed by atoms with van der Waals surface area (Å²) >= 11 is 0. The summed E-state index contributed by atoms with van der Waals surface area (Å²) in [5.41, 5.74) is 0.0197. The molecule has 122 valence electrons. The first kappa shape index (κ1) is 17.7. The van der Waals surface area contributed by atoms with Gasteiger partial charge in [-0.05, 0) is 12.0 Å². The number of amides is 1. The quantitative estimate of drug-likeness (QED) is 0.835. The zero-order chi connectivity index (χ0) is 16.9. The Kier molecular flexibility index (Phi) is 5.72. The number of pyridine rings is 1. The molecule has 0 radical (unpaired) electrons. The molecule has 22 heavy (non-hydrogen) atoms. The summed E-state index contributed by atoms with van der Waals surface area (Å²) in [7, 11) is 0. The minimum Gasteiger partial charge on any atom is -0.480 e. The van der Waals surface area contributed by atoms with E-state index < -0.39 is 30.7 Å². The van der Waals surface area contributed by atoms with Crippen molar-refractivity contribution < 1.29 is 32.6 Å². The molecule has 1 rings (SSSR count). The monoisotopic (exact) mass is 320 g/mol.